The van der Waals surface area contributed by atoms with Gasteiger partial charge in [-0.15, -0.1) is 0 Å². The third-order valence-corrected chi connectivity index (χ3v) is 12.8. The molecule has 2 fully saturated rings. The summed E-state index contributed by atoms with van der Waals surface area (Å²) in [6.07, 6.45) is 7.33. The molecule has 0 bridgehead atoms. The van der Waals surface area contributed by atoms with E-state index in [1.165, 1.54) is 41.5 Å². The minimum atomic E-state index is -1.67. The normalized spacial score (nSPS) is 27.9. The van der Waals surface area contributed by atoms with Crippen molar-refractivity contribution in [1.29, 1.82) is 0 Å². The van der Waals surface area contributed by atoms with Gasteiger partial charge in [-0.05, 0) is 108 Å². The van der Waals surface area contributed by atoms with Gasteiger partial charge in [-0.2, -0.15) is 0 Å². The Morgan fingerprint density at radius 3 is 2.19 bits per heavy atom. The molecule has 5 atom stereocenters. The molecule has 0 saturated heterocycles. The van der Waals surface area contributed by atoms with E-state index in [0.717, 1.165) is 42.7 Å². The summed E-state index contributed by atoms with van der Waals surface area (Å²) in [5, 5.41) is 13.3. The summed E-state index contributed by atoms with van der Waals surface area (Å²) in [4.78, 5) is 0. The molecule has 0 heterocycles. The first-order valence-corrected chi connectivity index (χ1v) is 19.5. The number of aliphatic hydroxyl groups excluding tert-OH is 1. The number of rotatable bonds is 10. The van der Waals surface area contributed by atoms with Gasteiger partial charge in [0, 0.05) is 6.61 Å². The highest BCUT2D eigenvalue weighted by atomic mass is 28.3. The zero-order chi connectivity index (χ0) is 30.1. The highest BCUT2D eigenvalue weighted by Gasteiger charge is 2.54. The first-order chi connectivity index (χ1) is 20.0. The summed E-state index contributed by atoms with van der Waals surface area (Å²) in [5.41, 5.74) is 7.08. The Balaban J connectivity index is 1.49. The summed E-state index contributed by atoms with van der Waals surface area (Å²) in [7, 11) is 1.76. The number of hydrogen-bond donors (Lipinski definition) is 1. The Morgan fingerprint density at radius 1 is 0.929 bits per heavy atom. The Labute approximate surface area is 255 Å². The van der Waals surface area contributed by atoms with Crippen molar-refractivity contribution in [1.82, 2.24) is 0 Å². The van der Waals surface area contributed by atoms with Crippen LogP contribution in [0, 0.1) is 23.2 Å². The average Bonchev–Trinajstić information content (AvgIpc) is 2.97. The van der Waals surface area contributed by atoms with Crippen LogP contribution in [0.5, 0.6) is 11.5 Å². The molecule has 0 amide bonds. The van der Waals surface area contributed by atoms with Crippen molar-refractivity contribution in [3.63, 3.8) is 0 Å². The van der Waals surface area contributed by atoms with E-state index >= 15 is 0 Å². The van der Waals surface area contributed by atoms with Crippen LogP contribution >= 0.6 is 0 Å². The quantitative estimate of drug-likeness (QED) is 0.222. The van der Waals surface area contributed by atoms with Crippen molar-refractivity contribution in [2.75, 3.05) is 20.8 Å². The molecule has 0 aliphatic heterocycles. The predicted octanol–water partition coefficient (Wildman–Crippen LogP) is 8.86. The molecule has 42 heavy (non-hydrogen) atoms. The molecule has 3 aliphatic rings. The Bertz CT molecular complexity index is 1290. The maximum atomic E-state index is 11.6. The van der Waals surface area contributed by atoms with Crippen LogP contribution in [0.1, 0.15) is 69.9 Å². The van der Waals surface area contributed by atoms with E-state index in [2.05, 4.69) is 69.9 Å². The topological polar surface area (TPSA) is 47.9 Å². The van der Waals surface area contributed by atoms with E-state index in [0.29, 0.717) is 31.0 Å². The largest absolute Gasteiger partial charge is 0.497 e. The highest BCUT2D eigenvalue weighted by molar-refractivity contribution is 6.84. The fourth-order valence-electron chi connectivity index (χ4n) is 8.24. The SMILES string of the molecule is COc1ccc(COCCCC2=C3C[C@@H](O)[C@@H]4CC(C)CC[C@H]4[C@@]3(C)CC([Si](C)(C)C)=C2c2ccc(OC)cc2)cc1. The molecule has 1 N–H and O–H groups in total. The summed E-state index contributed by atoms with van der Waals surface area (Å²) >= 11 is 0. The van der Waals surface area contributed by atoms with Gasteiger partial charge < -0.3 is 19.3 Å². The van der Waals surface area contributed by atoms with Gasteiger partial charge in [0.15, 0.2) is 0 Å². The summed E-state index contributed by atoms with van der Waals surface area (Å²) < 4.78 is 17.0. The van der Waals surface area contributed by atoms with E-state index in [4.69, 9.17) is 14.2 Å². The summed E-state index contributed by atoms with van der Waals surface area (Å²) in [6, 6.07) is 16.8. The summed E-state index contributed by atoms with van der Waals surface area (Å²) in [6.45, 7) is 13.8. The lowest BCUT2D eigenvalue weighted by Crippen LogP contribution is -2.51. The van der Waals surface area contributed by atoms with Crippen LogP contribution in [0.15, 0.2) is 64.9 Å². The van der Waals surface area contributed by atoms with Crippen molar-refractivity contribution in [2.45, 2.75) is 91.1 Å². The van der Waals surface area contributed by atoms with Gasteiger partial charge >= 0.3 is 0 Å². The summed E-state index contributed by atoms with van der Waals surface area (Å²) in [5.74, 6) is 3.44. The first-order valence-electron chi connectivity index (χ1n) is 16.0. The van der Waals surface area contributed by atoms with Crippen LogP contribution in [-0.2, 0) is 11.3 Å². The van der Waals surface area contributed by atoms with Crippen LogP contribution in [0.2, 0.25) is 19.6 Å². The van der Waals surface area contributed by atoms with Gasteiger partial charge in [0.25, 0.3) is 0 Å². The molecular weight excluding hydrogens is 536 g/mol. The maximum Gasteiger partial charge on any atom is 0.118 e. The van der Waals surface area contributed by atoms with Crippen molar-refractivity contribution < 1.29 is 19.3 Å². The van der Waals surface area contributed by atoms with Crippen LogP contribution in [0.4, 0.5) is 0 Å². The molecule has 2 saturated carbocycles. The fourth-order valence-corrected chi connectivity index (χ4v) is 10.2. The second-order valence-electron chi connectivity index (χ2n) is 14.3. The number of hydrogen-bond acceptors (Lipinski definition) is 4. The number of methoxy groups -OCH3 is 2. The van der Waals surface area contributed by atoms with Crippen LogP contribution < -0.4 is 9.47 Å². The Morgan fingerprint density at radius 2 is 1.57 bits per heavy atom. The van der Waals surface area contributed by atoms with E-state index in [-0.39, 0.29) is 11.5 Å². The molecule has 5 heteroatoms. The van der Waals surface area contributed by atoms with Gasteiger partial charge in [-0.1, -0.05) is 74.9 Å². The second kappa shape index (κ2) is 12.7. The van der Waals surface area contributed by atoms with Crippen LogP contribution in [0.25, 0.3) is 5.57 Å². The van der Waals surface area contributed by atoms with Crippen LogP contribution in [-0.4, -0.2) is 40.1 Å². The first kappa shape index (κ1) is 31.1. The predicted molar refractivity (Wildman–Crippen MR) is 176 cm³/mol. The van der Waals surface area contributed by atoms with E-state index in [1.54, 1.807) is 19.4 Å². The molecule has 2 aromatic rings. The van der Waals surface area contributed by atoms with E-state index in [9.17, 15) is 5.11 Å². The van der Waals surface area contributed by atoms with Gasteiger partial charge in [0.05, 0.1) is 35.0 Å². The minimum Gasteiger partial charge on any atom is -0.497 e. The zero-order valence-corrected chi connectivity index (χ0v) is 28.0. The lowest BCUT2D eigenvalue weighted by atomic mass is 9.50. The molecule has 4 nitrogen and oxygen atoms in total. The Kier molecular flexibility index (Phi) is 9.41. The minimum absolute atomic E-state index is 0.120. The number of aliphatic hydroxyl groups is 1. The molecule has 0 aromatic heterocycles. The van der Waals surface area contributed by atoms with Gasteiger partial charge in [0.1, 0.15) is 11.5 Å². The number of allylic oxidation sites excluding steroid dienone is 3. The van der Waals surface area contributed by atoms with Crippen molar-refractivity contribution in [3.8, 4) is 11.5 Å². The molecule has 3 aliphatic carbocycles. The van der Waals surface area contributed by atoms with E-state index in [1.807, 2.05) is 12.1 Å². The molecular formula is C37H52O4Si. The zero-order valence-electron chi connectivity index (χ0n) is 27.0. The fraction of sp³-hybridized carbons (Fsp3) is 0.568. The molecule has 0 radical (unpaired) electrons. The highest BCUT2D eigenvalue weighted by Crippen LogP contribution is 2.62. The molecule has 2 aromatic carbocycles. The molecule has 1 unspecified atom stereocenters. The standard InChI is InChI=1S/C37H52O4Si/c1-25-10-19-32-31(21-25)34(38)22-33-30(9-8-20-41-24-26-11-15-28(39-3)16-12-26)36(27-13-17-29(40-4)18-14-27)35(42(5,6)7)23-37(32,33)2/h11-18,25,31-32,34,38H,8-10,19-24H2,1-7H3/t25?,31-,32-,34-,37-/m1/s1. The van der Waals surface area contributed by atoms with Gasteiger partial charge in [-0.25, -0.2) is 0 Å². The van der Waals surface area contributed by atoms with Crippen molar-refractivity contribution >= 4 is 13.6 Å². The van der Waals surface area contributed by atoms with Crippen LogP contribution in [0.3, 0.4) is 0 Å². The number of ether oxygens (including phenoxy) is 3. The van der Waals surface area contributed by atoms with Crippen molar-refractivity contribution in [2.24, 2.45) is 23.2 Å². The van der Waals surface area contributed by atoms with Crippen molar-refractivity contribution in [3.05, 3.63) is 76.0 Å². The third-order valence-electron chi connectivity index (χ3n) is 10.5. The lowest BCUT2D eigenvalue weighted by Gasteiger charge is -2.57. The Hall–Kier alpha value is -2.34. The smallest absolute Gasteiger partial charge is 0.118 e. The molecule has 228 valence electrons. The number of benzene rings is 2. The van der Waals surface area contributed by atoms with Gasteiger partial charge in [-0.3, -0.25) is 0 Å². The molecule has 0 spiro atoms. The third kappa shape index (κ3) is 6.29. The lowest BCUT2D eigenvalue weighted by molar-refractivity contribution is -0.0408. The number of fused-ring (bicyclic) bond motifs is 3. The molecule has 5 rings (SSSR count). The van der Waals surface area contributed by atoms with Gasteiger partial charge in [0.2, 0.25) is 0 Å². The monoisotopic (exact) mass is 588 g/mol. The average molecular weight is 589 g/mol. The maximum absolute atomic E-state index is 11.6. The second-order valence-corrected chi connectivity index (χ2v) is 19.5. The van der Waals surface area contributed by atoms with E-state index < -0.39 is 8.07 Å².